The highest BCUT2D eigenvalue weighted by Gasteiger charge is 2.49. The minimum atomic E-state index is -1.65. The first-order valence-corrected chi connectivity index (χ1v) is 9.06. The lowest BCUT2D eigenvalue weighted by Gasteiger charge is -2.40. The molecule has 1 aliphatic rings. The summed E-state index contributed by atoms with van der Waals surface area (Å²) in [6.45, 7) is 4.73. The smallest absolute Gasteiger partial charge is 0.306 e. The molecule has 1 heterocycles. The van der Waals surface area contributed by atoms with Crippen molar-refractivity contribution in [1.29, 1.82) is 0 Å². The molecule has 11 heteroatoms. The van der Waals surface area contributed by atoms with E-state index in [1.165, 1.54) is 0 Å². The third-order valence-electron chi connectivity index (χ3n) is 3.90. The van der Waals surface area contributed by atoms with Crippen LogP contribution in [0.5, 0.6) is 0 Å². The zero-order chi connectivity index (χ0) is 22.1. The average Bonchev–Trinajstić information content (AvgIpc) is 2.60. The molecular formula is C18H26O11. The molecule has 0 aromatic carbocycles. The van der Waals surface area contributed by atoms with Crippen molar-refractivity contribution in [3.63, 3.8) is 0 Å². The van der Waals surface area contributed by atoms with Crippen LogP contribution in [0.1, 0.15) is 40.5 Å². The number of hydrogen-bond acceptors (Lipinski definition) is 11. The Morgan fingerprint density at radius 1 is 1.00 bits per heavy atom. The Kier molecular flexibility index (Phi) is 9.69. The molecule has 0 aromatic rings. The summed E-state index contributed by atoms with van der Waals surface area (Å²) >= 11 is 0. The first kappa shape index (κ1) is 24.5. The number of aliphatic hydroxyl groups excluding tert-OH is 1. The van der Waals surface area contributed by atoms with Crippen molar-refractivity contribution in [2.75, 3.05) is 13.2 Å². The normalized spacial score (nSPS) is 24.7. The maximum Gasteiger partial charge on any atom is 0.306 e. The van der Waals surface area contributed by atoms with Gasteiger partial charge < -0.3 is 28.8 Å². The molecule has 11 nitrogen and oxygen atoms in total. The lowest BCUT2D eigenvalue weighted by atomic mass is 9.92. The fourth-order valence-corrected chi connectivity index (χ4v) is 2.82. The lowest BCUT2D eigenvalue weighted by Crippen LogP contribution is -2.61. The van der Waals surface area contributed by atoms with E-state index in [-0.39, 0.29) is 26.1 Å². The summed E-state index contributed by atoms with van der Waals surface area (Å²) in [7, 11) is 0. The molecule has 0 saturated carbocycles. The van der Waals surface area contributed by atoms with E-state index in [1.54, 1.807) is 6.92 Å². The Morgan fingerprint density at radius 3 is 2.14 bits per heavy atom. The van der Waals surface area contributed by atoms with Gasteiger partial charge in [-0.15, -0.1) is 0 Å². The first-order valence-electron chi connectivity index (χ1n) is 9.06. The Hall–Kier alpha value is -2.53. The number of carbonyl (C=O) groups excluding carboxylic acids is 5. The van der Waals surface area contributed by atoms with Crippen LogP contribution in [0.2, 0.25) is 0 Å². The van der Waals surface area contributed by atoms with E-state index in [0.29, 0.717) is 0 Å². The van der Waals surface area contributed by atoms with Gasteiger partial charge in [-0.1, -0.05) is 0 Å². The van der Waals surface area contributed by atoms with Crippen molar-refractivity contribution in [2.45, 2.75) is 71.1 Å². The Morgan fingerprint density at radius 2 is 1.62 bits per heavy atom. The second kappa shape index (κ2) is 11.5. The molecule has 0 aliphatic carbocycles. The minimum absolute atomic E-state index is 0.145. The van der Waals surface area contributed by atoms with Crippen LogP contribution < -0.4 is 0 Å². The minimum Gasteiger partial charge on any atom is -0.466 e. The number of hydrogen-bond donors (Lipinski definition) is 1. The van der Waals surface area contributed by atoms with E-state index in [1.807, 2.05) is 0 Å². The number of rotatable bonds is 9. The standard InChI is InChI=1S/C18H26O11/c1-5-25-14(23)7-6-12(22)16(28-10(3)20)18-15(24)17(29-11(4)21)13(8-26-18)27-9(2)19/h13,15-18,24H,5-8H2,1-4H3/t13-,15-,16?,17+,18?/m1/s1. The summed E-state index contributed by atoms with van der Waals surface area (Å²) in [6.07, 6.45) is -7.64. The van der Waals surface area contributed by atoms with E-state index < -0.39 is 60.2 Å². The SMILES string of the molecule is CCOC(=O)CCC(=O)C(OC(C)=O)C1OC[C@@H](OC(C)=O)[C@H](OC(C)=O)[C@H]1O. The summed E-state index contributed by atoms with van der Waals surface area (Å²) in [4.78, 5) is 58.1. The van der Waals surface area contributed by atoms with Gasteiger partial charge in [0.05, 0.1) is 19.6 Å². The summed E-state index contributed by atoms with van der Waals surface area (Å²) in [6, 6.07) is 0. The number of aliphatic hydroxyl groups is 1. The average molecular weight is 418 g/mol. The van der Waals surface area contributed by atoms with Crippen molar-refractivity contribution in [1.82, 2.24) is 0 Å². The highest BCUT2D eigenvalue weighted by molar-refractivity contribution is 5.88. The quantitative estimate of drug-likeness (QED) is 0.379. The predicted molar refractivity (Wildman–Crippen MR) is 93.3 cm³/mol. The number of esters is 4. The van der Waals surface area contributed by atoms with Gasteiger partial charge in [0, 0.05) is 27.2 Å². The maximum absolute atomic E-state index is 12.6. The molecule has 164 valence electrons. The third-order valence-corrected chi connectivity index (χ3v) is 3.90. The topological polar surface area (TPSA) is 152 Å². The van der Waals surface area contributed by atoms with Gasteiger partial charge in [-0.3, -0.25) is 24.0 Å². The molecule has 1 N–H and O–H groups in total. The summed E-state index contributed by atoms with van der Waals surface area (Å²) in [5, 5.41) is 10.6. The van der Waals surface area contributed by atoms with Crippen LogP contribution in [0.25, 0.3) is 0 Å². The fraction of sp³-hybridized carbons (Fsp3) is 0.722. The molecular weight excluding hydrogens is 392 g/mol. The Balaban J connectivity index is 3.00. The molecule has 1 aliphatic heterocycles. The van der Waals surface area contributed by atoms with Crippen LogP contribution in [-0.4, -0.2) is 78.5 Å². The van der Waals surface area contributed by atoms with Gasteiger partial charge >= 0.3 is 23.9 Å². The summed E-state index contributed by atoms with van der Waals surface area (Å²) in [5.74, 6) is -3.57. The van der Waals surface area contributed by atoms with E-state index in [4.69, 9.17) is 23.7 Å². The van der Waals surface area contributed by atoms with Crippen LogP contribution >= 0.6 is 0 Å². The van der Waals surface area contributed by atoms with Crippen LogP contribution in [0.15, 0.2) is 0 Å². The molecule has 0 spiro atoms. The van der Waals surface area contributed by atoms with Crippen molar-refractivity contribution >= 4 is 29.7 Å². The maximum atomic E-state index is 12.6. The van der Waals surface area contributed by atoms with Crippen molar-refractivity contribution in [3.8, 4) is 0 Å². The van der Waals surface area contributed by atoms with Gasteiger partial charge in [-0.2, -0.15) is 0 Å². The van der Waals surface area contributed by atoms with Crippen LogP contribution in [0.3, 0.4) is 0 Å². The molecule has 0 amide bonds. The largest absolute Gasteiger partial charge is 0.466 e. The molecule has 5 atom stereocenters. The number of ketones is 1. The summed E-state index contributed by atoms with van der Waals surface area (Å²) < 4.78 is 25.2. The summed E-state index contributed by atoms with van der Waals surface area (Å²) in [5.41, 5.74) is 0. The van der Waals surface area contributed by atoms with Gasteiger partial charge in [0.15, 0.2) is 24.1 Å². The molecule has 0 radical (unpaired) electrons. The van der Waals surface area contributed by atoms with Gasteiger partial charge in [0.1, 0.15) is 12.2 Å². The van der Waals surface area contributed by atoms with E-state index in [2.05, 4.69) is 0 Å². The first-order chi connectivity index (χ1) is 13.6. The van der Waals surface area contributed by atoms with Gasteiger partial charge in [0.2, 0.25) is 0 Å². The Labute approximate surface area is 167 Å². The van der Waals surface area contributed by atoms with E-state index in [0.717, 1.165) is 20.8 Å². The van der Waals surface area contributed by atoms with Crippen molar-refractivity contribution < 1.29 is 52.8 Å². The third kappa shape index (κ3) is 7.78. The van der Waals surface area contributed by atoms with Gasteiger partial charge in [0.25, 0.3) is 0 Å². The highest BCUT2D eigenvalue weighted by Crippen LogP contribution is 2.26. The lowest BCUT2D eigenvalue weighted by molar-refractivity contribution is -0.232. The fourth-order valence-electron chi connectivity index (χ4n) is 2.82. The molecule has 29 heavy (non-hydrogen) atoms. The van der Waals surface area contributed by atoms with Crippen LogP contribution in [-0.2, 0) is 47.7 Å². The predicted octanol–water partition coefficient (Wildman–Crippen LogP) is -0.546. The molecule has 0 aromatic heterocycles. The molecule has 2 unspecified atom stereocenters. The molecule has 1 rings (SSSR count). The highest BCUT2D eigenvalue weighted by atomic mass is 16.6. The van der Waals surface area contributed by atoms with E-state index >= 15 is 0 Å². The zero-order valence-electron chi connectivity index (χ0n) is 16.7. The molecule has 1 saturated heterocycles. The molecule has 1 fully saturated rings. The van der Waals surface area contributed by atoms with Crippen molar-refractivity contribution in [3.05, 3.63) is 0 Å². The molecule has 0 bridgehead atoms. The monoisotopic (exact) mass is 418 g/mol. The zero-order valence-corrected chi connectivity index (χ0v) is 16.7. The van der Waals surface area contributed by atoms with Gasteiger partial charge in [-0.25, -0.2) is 0 Å². The van der Waals surface area contributed by atoms with Gasteiger partial charge in [-0.05, 0) is 6.92 Å². The van der Waals surface area contributed by atoms with Crippen LogP contribution in [0.4, 0.5) is 0 Å². The number of Topliss-reactive ketones (excluding diaryl/α,β-unsaturated/α-hetero) is 1. The Bertz CT molecular complexity index is 629. The van der Waals surface area contributed by atoms with Crippen molar-refractivity contribution in [2.24, 2.45) is 0 Å². The second-order valence-electron chi connectivity index (χ2n) is 6.31. The number of ether oxygens (including phenoxy) is 5. The number of carbonyl (C=O) groups is 5. The van der Waals surface area contributed by atoms with E-state index in [9.17, 15) is 29.1 Å². The van der Waals surface area contributed by atoms with Crippen LogP contribution in [0, 0.1) is 0 Å². The second-order valence-corrected chi connectivity index (χ2v) is 6.31.